The molecule has 0 radical (unpaired) electrons. The van der Waals surface area contributed by atoms with Crippen molar-refractivity contribution in [3.8, 4) is 5.75 Å². The molecule has 0 spiro atoms. The summed E-state index contributed by atoms with van der Waals surface area (Å²) in [5.74, 6) is 0.945. The molecule has 0 unspecified atom stereocenters. The maximum Gasteiger partial charge on any atom is 0.267 e. The van der Waals surface area contributed by atoms with Crippen molar-refractivity contribution in [3.05, 3.63) is 65.0 Å². The largest absolute Gasteiger partial charge is 0.488 e. The SMILES string of the molecule is C[C@H]1CN([C@@H](C)CN2CCC(NC(=O)c3cc4c(OCc5coc6ccc(Cl)cc56)cccc4[nH]3)CC2)CC[C@@H]1O.Cl.Cl. The van der Waals surface area contributed by atoms with Crippen LogP contribution in [-0.2, 0) is 6.61 Å². The molecule has 4 aromatic rings. The van der Waals surface area contributed by atoms with Crippen LogP contribution in [0.4, 0.5) is 0 Å². The zero-order valence-corrected chi connectivity index (χ0v) is 26.9. The van der Waals surface area contributed by atoms with Gasteiger partial charge in [-0.15, -0.1) is 24.8 Å². The third kappa shape index (κ3) is 7.62. The van der Waals surface area contributed by atoms with Crippen molar-refractivity contribution in [1.82, 2.24) is 20.1 Å². The molecule has 2 aromatic heterocycles. The number of nitrogens with one attached hydrogen (secondary N) is 2. The summed E-state index contributed by atoms with van der Waals surface area (Å²) in [5, 5.41) is 15.7. The zero-order chi connectivity index (χ0) is 28.5. The second-order valence-corrected chi connectivity index (χ2v) is 12.3. The number of likely N-dealkylation sites (tertiary alicyclic amines) is 2. The van der Waals surface area contributed by atoms with Crippen LogP contribution in [0, 0.1) is 5.92 Å². The highest BCUT2D eigenvalue weighted by atomic mass is 35.5. The lowest BCUT2D eigenvalue weighted by Gasteiger charge is -2.41. The Morgan fingerprint density at radius 2 is 1.93 bits per heavy atom. The molecule has 43 heavy (non-hydrogen) atoms. The summed E-state index contributed by atoms with van der Waals surface area (Å²) in [6, 6.07) is 13.8. The van der Waals surface area contributed by atoms with E-state index in [9.17, 15) is 9.90 Å². The molecule has 4 heterocycles. The predicted molar refractivity (Wildman–Crippen MR) is 176 cm³/mol. The lowest BCUT2D eigenvalue weighted by molar-refractivity contribution is 0.0115. The number of aromatic nitrogens is 1. The summed E-state index contributed by atoms with van der Waals surface area (Å²) in [7, 11) is 0. The summed E-state index contributed by atoms with van der Waals surface area (Å²) in [6.07, 6.45) is 4.26. The van der Waals surface area contributed by atoms with Gasteiger partial charge in [0.1, 0.15) is 23.6 Å². The van der Waals surface area contributed by atoms with Gasteiger partial charge in [0.05, 0.1) is 12.4 Å². The first-order valence-corrected chi connectivity index (χ1v) is 15.1. The number of nitrogens with zero attached hydrogens (tertiary/aromatic N) is 2. The van der Waals surface area contributed by atoms with E-state index in [1.165, 1.54) is 0 Å². The number of amides is 1. The molecular formula is C32H41Cl3N4O4. The Kier molecular flexibility index (Phi) is 11.3. The molecule has 11 heteroatoms. The lowest BCUT2D eigenvalue weighted by Crippen LogP contribution is -2.52. The molecule has 6 rings (SSSR count). The number of H-pyrrole nitrogens is 1. The number of rotatable bonds is 8. The number of halogens is 3. The van der Waals surface area contributed by atoms with Crippen molar-refractivity contribution in [2.75, 3.05) is 32.7 Å². The third-order valence-electron chi connectivity index (χ3n) is 8.83. The minimum absolute atomic E-state index is 0. The van der Waals surface area contributed by atoms with Gasteiger partial charge < -0.3 is 29.5 Å². The average Bonchev–Trinajstić information content (AvgIpc) is 3.59. The summed E-state index contributed by atoms with van der Waals surface area (Å²) < 4.78 is 11.8. The molecule has 0 bridgehead atoms. The van der Waals surface area contributed by atoms with Gasteiger partial charge in [-0.3, -0.25) is 9.69 Å². The Balaban J connectivity index is 0.00000212. The van der Waals surface area contributed by atoms with E-state index in [1.54, 1.807) is 12.3 Å². The number of aliphatic hydroxyl groups excluding tert-OH is 1. The van der Waals surface area contributed by atoms with Crippen LogP contribution >= 0.6 is 36.4 Å². The van der Waals surface area contributed by atoms with Crippen LogP contribution in [0.3, 0.4) is 0 Å². The van der Waals surface area contributed by atoms with E-state index in [2.05, 4.69) is 33.9 Å². The molecule has 0 aliphatic carbocycles. The van der Waals surface area contributed by atoms with Gasteiger partial charge >= 0.3 is 0 Å². The number of aromatic amines is 1. The number of piperidine rings is 2. The van der Waals surface area contributed by atoms with Crippen LogP contribution in [-0.4, -0.2) is 76.7 Å². The van der Waals surface area contributed by atoms with Crippen molar-refractivity contribution in [1.29, 1.82) is 0 Å². The second kappa shape index (κ2) is 14.5. The number of hydrogen-bond donors (Lipinski definition) is 3. The Hall–Kier alpha value is -2.46. The quantitative estimate of drug-likeness (QED) is 0.208. The number of fused-ring (bicyclic) bond motifs is 2. The molecule has 3 atom stereocenters. The zero-order valence-electron chi connectivity index (χ0n) is 24.6. The molecule has 3 N–H and O–H groups in total. The highest BCUT2D eigenvalue weighted by Gasteiger charge is 2.29. The predicted octanol–water partition coefficient (Wildman–Crippen LogP) is 6.28. The minimum atomic E-state index is -0.169. The van der Waals surface area contributed by atoms with Crippen molar-refractivity contribution >= 4 is 64.2 Å². The first kappa shape index (κ1) is 33.4. The van der Waals surface area contributed by atoms with Gasteiger partial charge in [-0.25, -0.2) is 0 Å². The van der Waals surface area contributed by atoms with Gasteiger partial charge in [0.25, 0.3) is 5.91 Å². The number of hydrogen-bond acceptors (Lipinski definition) is 6. The number of furan rings is 1. The second-order valence-electron chi connectivity index (χ2n) is 11.8. The van der Waals surface area contributed by atoms with Crippen LogP contribution in [0.2, 0.25) is 5.02 Å². The van der Waals surface area contributed by atoms with Gasteiger partial charge in [0, 0.05) is 71.7 Å². The van der Waals surface area contributed by atoms with E-state index in [0.29, 0.717) is 35.0 Å². The molecule has 1 amide bonds. The smallest absolute Gasteiger partial charge is 0.267 e. The van der Waals surface area contributed by atoms with Crippen LogP contribution in [0.25, 0.3) is 21.9 Å². The van der Waals surface area contributed by atoms with Crippen LogP contribution in [0.1, 0.15) is 49.2 Å². The van der Waals surface area contributed by atoms with E-state index >= 15 is 0 Å². The number of benzene rings is 2. The topological polar surface area (TPSA) is 94.0 Å². The molecule has 2 saturated heterocycles. The van der Waals surface area contributed by atoms with Gasteiger partial charge in [0.2, 0.25) is 0 Å². The van der Waals surface area contributed by atoms with Crippen molar-refractivity contribution in [2.24, 2.45) is 5.92 Å². The summed E-state index contributed by atoms with van der Waals surface area (Å²) >= 11 is 6.17. The van der Waals surface area contributed by atoms with Crippen LogP contribution in [0.15, 0.2) is 53.1 Å². The van der Waals surface area contributed by atoms with Crippen LogP contribution < -0.4 is 10.1 Å². The maximum absolute atomic E-state index is 13.2. The molecule has 2 aliphatic heterocycles. The van der Waals surface area contributed by atoms with Crippen molar-refractivity contribution in [3.63, 3.8) is 0 Å². The fraction of sp³-hybridized carbons (Fsp3) is 0.469. The normalized spacial score (nSPS) is 20.8. The first-order chi connectivity index (χ1) is 19.8. The highest BCUT2D eigenvalue weighted by molar-refractivity contribution is 6.31. The Morgan fingerprint density at radius 1 is 1.14 bits per heavy atom. The number of carbonyl (C=O) groups excluding carboxylic acids is 1. The van der Waals surface area contributed by atoms with Crippen molar-refractivity contribution in [2.45, 2.75) is 57.9 Å². The average molecular weight is 652 g/mol. The van der Waals surface area contributed by atoms with E-state index in [1.807, 2.05) is 36.4 Å². The summed E-state index contributed by atoms with van der Waals surface area (Å²) in [4.78, 5) is 21.5. The fourth-order valence-corrected chi connectivity index (χ4v) is 6.45. The van der Waals surface area contributed by atoms with Gasteiger partial charge in [-0.05, 0) is 68.5 Å². The third-order valence-corrected chi connectivity index (χ3v) is 9.06. The van der Waals surface area contributed by atoms with Crippen molar-refractivity contribution < 1.29 is 19.1 Å². The summed E-state index contributed by atoms with van der Waals surface area (Å²) in [6.45, 7) is 9.65. The number of carbonyl (C=O) groups is 1. The molecule has 0 saturated carbocycles. The van der Waals surface area contributed by atoms with E-state index < -0.39 is 0 Å². The van der Waals surface area contributed by atoms with E-state index in [0.717, 1.165) is 79.4 Å². The summed E-state index contributed by atoms with van der Waals surface area (Å²) in [5.41, 5.74) is 3.08. The number of aliphatic hydroxyl groups is 1. The Bertz CT molecular complexity index is 1520. The van der Waals surface area contributed by atoms with E-state index in [4.69, 9.17) is 20.8 Å². The molecular weight excluding hydrogens is 611 g/mol. The van der Waals surface area contributed by atoms with E-state index in [-0.39, 0.29) is 42.9 Å². The molecule has 2 aliphatic rings. The molecule has 2 aromatic carbocycles. The lowest BCUT2D eigenvalue weighted by atomic mass is 9.95. The standard InChI is InChI=1S/C32H39ClN4O4.2ClH/c1-20-16-37(13-10-29(20)38)21(2)17-36-11-8-24(9-12-36)34-32(39)28-15-26-27(35-28)4-3-5-30(26)40-18-22-19-41-31-7-6-23(33)14-25(22)31;;/h3-7,14-15,19-21,24,29,35,38H,8-13,16-18H2,1-2H3,(H,34,39);2*1H/t20-,21-,29-;;/m0../s1. The van der Waals surface area contributed by atoms with Gasteiger partial charge in [-0.2, -0.15) is 0 Å². The highest BCUT2D eigenvalue weighted by Crippen LogP contribution is 2.30. The fourth-order valence-electron chi connectivity index (χ4n) is 6.27. The monoisotopic (exact) mass is 650 g/mol. The minimum Gasteiger partial charge on any atom is -0.488 e. The molecule has 8 nitrogen and oxygen atoms in total. The molecule has 234 valence electrons. The van der Waals surface area contributed by atoms with Gasteiger partial charge in [-0.1, -0.05) is 24.6 Å². The number of ether oxygens (including phenoxy) is 1. The first-order valence-electron chi connectivity index (χ1n) is 14.7. The van der Waals surface area contributed by atoms with Gasteiger partial charge in [0.15, 0.2) is 0 Å². The maximum atomic E-state index is 13.2. The molecule has 2 fully saturated rings. The Morgan fingerprint density at radius 3 is 2.70 bits per heavy atom. The van der Waals surface area contributed by atoms with Crippen LogP contribution in [0.5, 0.6) is 5.75 Å². The Labute approximate surface area is 269 Å².